The van der Waals surface area contributed by atoms with Crippen molar-refractivity contribution in [2.45, 2.75) is 39.5 Å². The molecule has 1 rings (SSSR count). The van der Waals surface area contributed by atoms with Crippen molar-refractivity contribution in [3.8, 4) is 12.3 Å². The summed E-state index contributed by atoms with van der Waals surface area (Å²) in [7, 11) is 0. The van der Waals surface area contributed by atoms with Gasteiger partial charge in [0.25, 0.3) is 0 Å². The highest BCUT2D eigenvalue weighted by Crippen LogP contribution is 2.41. The molecule has 0 aromatic heterocycles. The molecule has 0 unspecified atom stereocenters. The molecule has 0 radical (unpaired) electrons. The second-order valence-electron chi connectivity index (χ2n) is 4.19. The number of hydrogen-bond acceptors (Lipinski definition) is 0. The molecule has 0 amide bonds. The molecule has 0 spiro atoms. The van der Waals surface area contributed by atoms with Crippen molar-refractivity contribution in [2.24, 2.45) is 11.3 Å². The molecular formula is C10H16. The number of terminal acetylenes is 1. The molecule has 0 heteroatoms. The minimum absolute atomic E-state index is 0.399. The Morgan fingerprint density at radius 2 is 2.10 bits per heavy atom. The number of hydrogen-bond donors (Lipinski definition) is 0. The van der Waals surface area contributed by atoms with Crippen LogP contribution in [0.4, 0.5) is 0 Å². The van der Waals surface area contributed by atoms with E-state index >= 15 is 0 Å². The maximum atomic E-state index is 5.26. The van der Waals surface area contributed by atoms with Crippen LogP contribution in [0, 0.1) is 23.7 Å². The lowest BCUT2D eigenvalue weighted by Gasteiger charge is -2.20. The van der Waals surface area contributed by atoms with Crippen LogP contribution < -0.4 is 0 Å². The van der Waals surface area contributed by atoms with Gasteiger partial charge in [0.15, 0.2) is 0 Å². The van der Waals surface area contributed by atoms with Crippen LogP contribution in [-0.2, 0) is 0 Å². The summed E-state index contributed by atoms with van der Waals surface area (Å²) < 4.78 is 0. The maximum absolute atomic E-state index is 5.26. The Morgan fingerprint density at radius 3 is 2.50 bits per heavy atom. The molecule has 0 atom stereocenters. The lowest BCUT2D eigenvalue weighted by Crippen LogP contribution is -2.10. The first-order chi connectivity index (χ1) is 4.64. The SMILES string of the molecule is C#CCC(C)(C)CC1CC1. The Morgan fingerprint density at radius 1 is 1.50 bits per heavy atom. The van der Waals surface area contributed by atoms with E-state index in [1.54, 1.807) is 0 Å². The normalized spacial score (nSPS) is 18.5. The fourth-order valence-corrected chi connectivity index (χ4v) is 1.45. The summed E-state index contributed by atoms with van der Waals surface area (Å²) in [6, 6.07) is 0. The van der Waals surface area contributed by atoms with Crippen LogP contribution >= 0.6 is 0 Å². The molecule has 0 N–H and O–H groups in total. The zero-order chi connectivity index (χ0) is 7.61. The van der Waals surface area contributed by atoms with E-state index in [9.17, 15) is 0 Å². The van der Waals surface area contributed by atoms with Crippen molar-refractivity contribution in [1.29, 1.82) is 0 Å². The summed E-state index contributed by atoms with van der Waals surface area (Å²) in [5.74, 6) is 3.74. The molecule has 56 valence electrons. The van der Waals surface area contributed by atoms with Crippen LogP contribution in [0.2, 0.25) is 0 Å². The third-order valence-electron chi connectivity index (χ3n) is 2.12. The summed E-state index contributed by atoms with van der Waals surface area (Å²) in [6.07, 6.45) is 10.4. The van der Waals surface area contributed by atoms with E-state index < -0.39 is 0 Å². The van der Waals surface area contributed by atoms with Gasteiger partial charge in [-0.05, 0) is 17.8 Å². The largest absolute Gasteiger partial charge is 0.120 e. The molecule has 10 heavy (non-hydrogen) atoms. The second-order valence-corrected chi connectivity index (χ2v) is 4.19. The minimum Gasteiger partial charge on any atom is -0.120 e. The fraction of sp³-hybridized carbons (Fsp3) is 0.800. The van der Waals surface area contributed by atoms with Gasteiger partial charge >= 0.3 is 0 Å². The van der Waals surface area contributed by atoms with Gasteiger partial charge in [0.05, 0.1) is 0 Å². The monoisotopic (exact) mass is 136 g/mol. The van der Waals surface area contributed by atoms with E-state index in [4.69, 9.17) is 6.42 Å². The van der Waals surface area contributed by atoms with Gasteiger partial charge in [0.2, 0.25) is 0 Å². The van der Waals surface area contributed by atoms with Gasteiger partial charge in [-0.25, -0.2) is 0 Å². The third-order valence-corrected chi connectivity index (χ3v) is 2.12. The first-order valence-corrected chi connectivity index (χ1v) is 4.07. The zero-order valence-electron chi connectivity index (χ0n) is 6.98. The van der Waals surface area contributed by atoms with Gasteiger partial charge in [-0.3, -0.25) is 0 Å². The van der Waals surface area contributed by atoms with Gasteiger partial charge in [0, 0.05) is 6.42 Å². The highest BCUT2D eigenvalue weighted by molar-refractivity contribution is 4.93. The van der Waals surface area contributed by atoms with Gasteiger partial charge in [-0.1, -0.05) is 26.7 Å². The standard InChI is InChI=1S/C10H16/c1-4-7-10(2,3)8-9-5-6-9/h1,9H,5-8H2,2-3H3. The van der Waals surface area contributed by atoms with Crippen molar-refractivity contribution in [1.82, 2.24) is 0 Å². The third kappa shape index (κ3) is 2.43. The van der Waals surface area contributed by atoms with Gasteiger partial charge in [-0.2, -0.15) is 0 Å². The summed E-state index contributed by atoms with van der Waals surface area (Å²) in [6.45, 7) is 4.54. The molecule has 0 heterocycles. The summed E-state index contributed by atoms with van der Waals surface area (Å²) in [5.41, 5.74) is 0.399. The van der Waals surface area contributed by atoms with Gasteiger partial charge in [-0.15, -0.1) is 12.3 Å². The first kappa shape index (κ1) is 7.66. The molecule has 0 aliphatic heterocycles. The Kier molecular flexibility index (Phi) is 2.04. The molecule has 1 fully saturated rings. The minimum atomic E-state index is 0.399. The van der Waals surface area contributed by atoms with Crippen LogP contribution in [0.3, 0.4) is 0 Å². The molecular weight excluding hydrogens is 120 g/mol. The van der Waals surface area contributed by atoms with Gasteiger partial charge < -0.3 is 0 Å². The van der Waals surface area contributed by atoms with E-state index in [1.165, 1.54) is 19.3 Å². The van der Waals surface area contributed by atoms with E-state index in [-0.39, 0.29) is 0 Å². The quantitative estimate of drug-likeness (QED) is 0.523. The van der Waals surface area contributed by atoms with Crippen LogP contribution in [-0.4, -0.2) is 0 Å². The van der Waals surface area contributed by atoms with Crippen molar-refractivity contribution < 1.29 is 0 Å². The molecule has 1 saturated carbocycles. The highest BCUT2D eigenvalue weighted by atomic mass is 14.3. The smallest absolute Gasteiger partial charge is 0.0137 e. The average Bonchev–Trinajstić information content (AvgIpc) is 2.48. The molecule has 1 aliphatic carbocycles. The van der Waals surface area contributed by atoms with E-state index in [2.05, 4.69) is 19.8 Å². The van der Waals surface area contributed by atoms with Crippen molar-refractivity contribution in [3.05, 3.63) is 0 Å². The second kappa shape index (κ2) is 2.66. The Labute approximate surface area is 64.0 Å². The van der Waals surface area contributed by atoms with Crippen molar-refractivity contribution in [2.75, 3.05) is 0 Å². The molecule has 1 aliphatic rings. The summed E-state index contributed by atoms with van der Waals surface area (Å²) in [4.78, 5) is 0. The Bertz CT molecular complexity index is 144. The molecule has 0 nitrogen and oxygen atoms in total. The Hall–Kier alpha value is -0.440. The lowest BCUT2D eigenvalue weighted by atomic mass is 9.84. The van der Waals surface area contributed by atoms with Gasteiger partial charge in [0.1, 0.15) is 0 Å². The van der Waals surface area contributed by atoms with E-state index in [0.29, 0.717) is 5.41 Å². The van der Waals surface area contributed by atoms with Crippen LogP contribution in [0.15, 0.2) is 0 Å². The highest BCUT2D eigenvalue weighted by Gasteiger charge is 2.29. The topological polar surface area (TPSA) is 0 Å². The predicted octanol–water partition coefficient (Wildman–Crippen LogP) is 2.84. The zero-order valence-corrected chi connectivity index (χ0v) is 6.98. The lowest BCUT2D eigenvalue weighted by molar-refractivity contribution is 0.324. The average molecular weight is 136 g/mol. The van der Waals surface area contributed by atoms with Crippen molar-refractivity contribution >= 4 is 0 Å². The Balaban J connectivity index is 2.27. The molecule has 0 saturated heterocycles. The molecule has 0 bridgehead atoms. The molecule has 0 aromatic carbocycles. The fourth-order valence-electron chi connectivity index (χ4n) is 1.45. The number of rotatable bonds is 3. The van der Waals surface area contributed by atoms with Crippen LogP contribution in [0.25, 0.3) is 0 Å². The summed E-state index contributed by atoms with van der Waals surface area (Å²) in [5, 5.41) is 0. The van der Waals surface area contributed by atoms with Crippen molar-refractivity contribution in [3.63, 3.8) is 0 Å². The predicted molar refractivity (Wildman–Crippen MR) is 44.6 cm³/mol. The summed E-state index contributed by atoms with van der Waals surface area (Å²) >= 11 is 0. The first-order valence-electron chi connectivity index (χ1n) is 4.07. The maximum Gasteiger partial charge on any atom is 0.0137 e. The molecule has 0 aromatic rings. The van der Waals surface area contributed by atoms with Crippen LogP contribution in [0.5, 0.6) is 0 Å². The van der Waals surface area contributed by atoms with E-state index in [1.807, 2.05) is 0 Å². The van der Waals surface area contributed by atoms with E-state index in [0.717, 1.165) is 12.3 Å². The van der Waals surface area contributed by atoms with Crippen LogP contribution in [0.1, 0.15) is 39.5 Å².